The van der Waals surface area contributed by atoms with Gasteiger partial charge in [0.05, 0.1) is 0 Å². The lowest BCUT2D eigenvalue weighted by molar-refractivity contribution is 0.583. The van der Waals surface area contributed by atoms with Crippen LogP contribution in [-0.4, -0.2) is 0 Å². The van der Waals surface area contributed by atoms with Crippen LogP contribution in [0.5, 0.6) is 0 Å². The summed E-state index contributed by atoms with van der Waals surface area (Å²) in [4.78, 5) is 0. The van der Waals surface area contributed by atoms with Crippen LogP contribution in [0.2, 0.25) is 0 Å². The smallest absolute Gasteiger partial charge is 0.0397 e. The number of hydrogen-bond acceptors (Lipinski definition) is 1. The highest BCUT2D eigenvalue weighted by Gasteiger charge is 2.07. The second-order valence-electron chi connectivity index (χ2n) is 4.63. The first-order chi connectivity index (χ1) is 7.86. The van der Waals surface area contributed by atoms with E-state index >= 15 is 0 Å². The van der Waals surface area contributed by atoms with Gasteiger partial charge < -0.3 is 5.32 Å². The van der Waals surface area contributed by atoms with Crippen molar-refractivity contribution < 1.29 is 0 Å². The van der Waals surface area contributed by atoms with Crippen molar-refractivity contribution in [3.8, 4) is 0 Å². The summed E-state index contributed by atoms with van der Waals surface area (Å²) in [7, 11) is 0. The maximum absolute atomic E-state index is 3.55. The molecule has 1 aromatic rings. The Morgan fingerprint density at radius 1 is 1.06 bits per heavy atom. The summed E-state index contributed by atoms with van der Waals surface area (Å²) in [6, 6.07) is 10.6. The van der Waals surface area contributed by atoms with Crippen LogP contribution in [0.15, 0.2) is 41.6 Å². The molecule has 16 heavy (non-hydrogen) atoms. The highest BCUT2D eigenvalue weighted by atomic mass is 14.9. The van der Waals surface area contributed by atoms with Crippen LogP contribution in [0.1, 0.15) is 44.6 Å². The lowest BCUT2D eigenvalue weighted by Crippen LogP contribution is -2.13. The average molecular weight is 215 g/mol. The molecule has 1 heteroatoms. The van der Waals surface area contributed by atoms with Gasteiger partial charge >= 0.3 is 0 Å². The summed E-state index contributed by atoms with van der Waals surface area (Å²) in [5, 5.41) is 3.55. The molecule has 0 saturated heterocycles. The van der Waals surface area contributed by atoms with Gasteiger partial charge in [-0.2, -0.15) is 0 Å². The van der Waals surface area contributed by atoms with E-state index in [-0.39, 0.29) is 0 Å². The van der Waals surface area contributed by atoms with Gasteiger partial charge in [-0.25, -0.2) is 0 Å². The van der Waals surface area contributed by atoms with Gasteiger partial charge in [0.2, 0.25) is 0 Å². The van der Waals surface area contributed by atoms with Crippen molar-refractivity contribution in [1.29, 1.82) is 0 Å². The van der Waals surface area contributed by atoms with E-state index in [9.17, 15) is 0 Å². The largest absolute Gasteiger partial charge is 0.385 e. The maximum atomic E-state index is 3.55. The standard InChI is InChI=1S/C15H21N/c1-13(15-10-6-3-7-11-15)16-12-14-8-4-2-5-9-14/h2,4-5,8-9,16H,3,6-7,10-12H2,1H3. The van der Waals surface area contributed by atoms with Gasteiger partial charge in [0.25, 0.3) is 0 Å². The van der Waals surface area contributed by atoms with Gasteiger partial charge in [0.15, 0.2) is 0 Å². The monoisotopic (exact) mass is 215 g/mol. The van der Waals surface area contributed by atoms with E-state index in [1.165, 1.54) is 43.4 Å². The molecule has 0 atom stereocenters. The van der Waals surface area contributed by atoms with Gasteiger partial charge in [0.1, 0.15) is 0 Å². The van der Waals surface area contributed by atoms with Crippen LogP contribution in [0.25, 0.3) is 0 Å². The van der Waals surface area contributed by atoms with Crippen LogP contribution in [0.4, 0.5) is 0 Å². The normalized spacial score (nSPS) is 15.9. The molecule has 1 fully saturated rings. The summed E-state index contributed by atoms with van der Waals surface area (Å²) in [6.07, 6.45) is 6.76. The molecule has 1 aromatic carbocycles. The van der Waals surface area contributed by atoms with E-state index < -0.39 is 0 Å². The van der Waals surface area contributed by atoms with E-state index in [4.69, 9.17) is 0 Å². The lowest BCUT2D eigenvalue weighted by atomic mass is 9.93. The van der Waals surface area contributed by atoms with E-state index in [1.807, 2.05) is 0 Å². The Morgan fingerprint density at radius 2 is 1.75 bits per heavy atom. The predicted octanol–water partition coefficient (Wildman–Crippen LogP) is 4.01. The lowest BCUT2D eigenvalue weighted by Gasteiger charge is -2.18. The minimum atomic E-state index is 0.955. The van der Waals surface area contributed by atoms with Crippen molar-refractivity contribution in [2.75, 3.05) is 0 Å². The number of rotatable bonds is 3. The number of hydrogen-bond donors (Lipinski definition) is 1. The van der Waals surface area contributed by atoms with E-state index in [0.717, 1.165) is 6.54 Å². The van der Waals surface area contributed by atoms with E-state index in [0.29, 0.717) is 0 Å². The molecule has 0 bridgehead atoms. The third-order valence-corrected chi connectivity index (χ3v) is 3.39. The third-order valence-electron chi connectivity index (χ3n) is 3.39. The molecule has 0 aromatic heterocycles. The highest BCUT2D eigenvalue weighted by molar-refractivity contribution is 5.17. The first-order valence-corrected chi connectivity index (χ1v) is 6.32. The van der Waals surface area contributed by atoms with Crippen molar-refractivity contribution in [2.24, 2.45) is 0 Å². The van der Waals surface area contributed by atoms with Gasteiger partial charge in [-0.15, -0.1) is 0 Å². The zero-order valence-corrected chi connectivity index (χ0v) is 10.1. The van der Waals surface area contributed by atoms with Crippen LogP contribution in [-0.2, 0) is 6.54 Å². The fraction of sp³-hybridized carbons (Fsp3) is 0.467. The summed E-state index contributed by atoms with van der Waals surface area (Å²) in [5.74, 6) is 0. The molecule has 1 N–H and O–H groups in total. The Bertz CT molecular complexity index is 343. The second kappa shape index (κ2) is 5.74. The van der Waals surface area contributed by atoms with Gasteiger partial charge in [-0.3, -0.25) is 0 Å². The molecule has 0 heterocycles. The van der Waals surface area contributed by atoms with Crippen LogP contribution >= 0.6 is 0 Å². The molecule has 0 amide bonds. The molecule has 0 aliphatic heterocycles. The van der Waals surface area contributed by atoms with Crippen LogP contribution < -0.4 is 5.32 Å². The molecule has 2 rings (SSSR count). The number of benzene rings is 1. The Labute approximate surface area is 98.6 Å². The highest BCUT2D eigenvalue weighted by Crippen LogP contribution is 2.24. The Balaban J connectivity index is 1.89. The molecule has 1 aliphatic rings. The Morgan fingerprint density at radius 3 is 2.44 bits per heavy atom. The molecule has 1 aliphatic carbocycles. The fourth-order valence-electron chi connectivity index (χ4n) is 2.31. The van der Waals surface area contributed by atoms with Crippen LogP contribution in [0, 0.1) is 0 Å². The third kappa shape index (κ3) is 3.13. The number of allylic oxidation sites excluding steroid dienone is 2. The summed E-state index contributed by atoms with van der Waals surface area (Å²) >= 11 is 0. The molecule has 86 valence electrons. The summed E-state index contributed by atoms with van der Waals surface area (Å²) in [6.45, 7) is 3.18. The van der Waals surface area contributed by atoms with E-state index in [2.05, 4.69) is 42.6 Å². The zero-order chi connectivity index (χ0) is 11.2. The molecule has 1 saturated carbocycles. The van der Waals surface area contributed by atoms with Gasteiger partial charge in [-0.05, 0) is 38.2 Å². The molecular weight excluding hydrogens is 194 g/mol. The minimum Gasteiger partial charge on any atom is -0.385 e. The first-order valence-electron chi connectivity index (χ1n) is 6.32. The second-order valence-corrected chi connectivity index (χ2v) is 4.63. The summed E-state index contributed by atoms with van der Waals surface area (Å²) < 4.78 is 0. The van der Waals surface area contributed by atoms with Gasteiger partial charge in [-0.1, -0.05) is 42.3 Å². The topological polar surface area (TPSA) is 12.0 Å². The predicted molar refractivity (Wildman–Crippen MR) is 69.1 cm³/mol. The van der Waals surface area contributed by atoms with Crippen molar-refractivity contribution in [2.45, 2.75) is 45.6 Å². The summed E-state index contributed by atoms with van der Waals surface area (Å²) in [5.41, 5.74) is 4.41. The van der Waals surface area contributed by atoms with Crippen molar-refractivity contribution in [3.05, 3.63) is 47.2 Å². The zero-order valence-electron chi connectivity index (χ0n) is 10.1. The molecular formula is C15H21N. The molecule has 1 nitrogen and oxygen atoms in total. The first kappa shape index (κ1) is 11.3. The minimum absolute atomic E-state index is 0.955. The SMILES string of the molecule is CC(NCc1ccccc1)=C1CCCCC1. The van der Waals surface area contributed by atoms with Crippen LogP contribution in [0.3, 0.4) is 0 Å². The van der Waals surface area contributed by atoms with Gasteiger partial charge in [0, 0.05) is 12.2 Å². The Hall–Kier alpha value is -1.24. The molecule has 0 spiro atoms. The quantitative estimate of drug-likeness (QED) is 0.803. The van der Waals surface area contributed by atoms with Crippen molar-refractivity contribution in [1.82, 2.24) is 5.32 Å². The van der Waals surface area contributed by atoms with E-state index in [1.54, 1.807) is 5.57 Å². The molecule has 0 radical (unpaired) electrons. The average Bonchev–Trinajstić information content (AvgIpc) is 2.38. The van der Waals surface area contributed by atoms with Crippen molar-refractivity contribution >= 4 is 0 Å². The fourth-order valence-corrected chi connectivity index (χ4v) is 2.31. The van der Waals surface area contributed by atoms with Crippen molar-refractivity contribution in [3.63, 3.8) is 0 Å². The Kier molecular flexibility index (Phi) is 4.03. The number of nitrogens with one attached hydrogen (secondary N) is 1. The molecule has 0 unspecified atom stereocenters. The maximum Gasteiger partial charge on any atom is 0.0397 e.